The lowest BCUT2D eigenvalue weighted by molar-refractivity contribution is -0.138. The zero-order valence-electron chi connectivity index (χ0n) is 7.15. The van der Waals surface area contributed by atoms with Crippen molar-refractivity contribution < 1.29 is 17.9 Å². The summed E-state index contributed by atoms with van der Waals surface area (Å²) in [5.41, 5.74) is 4.22. The first-order chi connectivity index (χ1) is 6.36. The minimum absolute atomic E-state index is 0.0735. The van der Waals surface area contributed by atoms with E-state index in [-0.39, 0.29) is 10.7 Å². The van der Waals surface area contributed by atoms with Crippen molar-refractivity contribution in [1.82, 2.24) is 0 Å². The van der Waals surface area contributed by atoms with Crippen molar-refractivity contribution in [3.63, 3.8) is 0 Å². The van der Waals surface area contributed by atoms with E-state index in [2.05, 4.69) is 4.74 Å². The van der Waals surface area contributed by atoms with E-state index >= 15 is 0 Å². The molecule has 2 N–H and O–H groups in total. The van der Waals surface area contributed by atoms with Gasteiger partial charge in [0.25, 0.3) is 0 Å². The number of halogens is 4. The Morgan fingerprint density at radius 3 is 2.36 bits per heavy atom. The van der Waals surface area contributed by atoms with Crippen molar-refractivity contribution in [1.29, 1.82) is 0 Å². The predicted molar refractivity (Wildman–Crippen MR) is 47.4 cm³/mol. The molecule has 1 aromatic carbocycles. The highest BCUT2D eigenvalue weighted by Gasteiger charge is 2.35. The van der Waals surface area contributed by atoms with Crippen molar-refractivity contribution in [3.05, 3.63) is 22.7 Å². The Kier molecular flexibility index (Phi) is 2.80. The van der Waals surface area contributed by atoms with Crippen LogP contribution in [0.2, 0.25) is 5.02 Å². The quantitative estimate of drug-likeness (QED) is 0.746. The summed E-state index contributed by atoms with van der Waals surface area (Å²) in [7, 11) is 1.12. The molecule has 0 amide bonds. The lowest BCUT2D eigenvalue weighted by atomic mass is 10.1. The molecule has 0 saturated carbocycles. The summed E-state index contributed by atoms with van der Waals surface area (Å²) in [6, 6.07) is 1.98. The van der Waals surface area contributed by atoms with Crippen molar-refractivity contribution >= 4 is 17.3 Å². The van der Waals surface area contributed by atoms with Crippen LogP contribution in [0.15, 0.2) is 12.1 Å². The Hall–Kier alpha value is -1.10. The summed E-state index contributed by atoms with van der Waals surface area (Å²) < 4.78 is 41.8. The molecule has 0 bridgehead atoms. The van der Waals surface area contributed by atoms with Crippen molar-refractivity contribution in [3.8, 4) is 5.75 Å². The van der Waals surface area contributed by atoms with Crippen LogP contribution in [0.4, 0.5) is 18.9 Å². The normalized spacial score (nSPS) is 11.5. The molecule has 0 aliphatic rings. The lowest BCUT2D eigenvalue weighted by Gasteiger charge is -2.13. The first-order valence-corrected chi connectivity index (χ1v) is 3.94. The number of methoxy groups -OCH3 is 1. The molecule has 0 atom stereocenters. The van der Waals surface area contributed by atoms with Gasteiger partial charge < -0.3 is 10.5 Å². The zero-order chi connectivity index (χ0) is 10.9. The standard InChI is InChI=1S/C8H7ClF3NO/c1-14-7-5(8(10,11)12)2-4(9)3-6(7)13/h2-3H,13H2,1H3. The fourth-order valence-electron chi connectivity index (χ4n) is 1.05. The maximum atomic E-state index is 12.4. The highest BCUT2D eigenvalue weighted by atomic mass is 35.5. The second-order valence-electron chi connectivity index (χ2n) is 2.57. The second-order valence-corrected chi connectivity index (χ2v) is 3.01. The maximum Gasteiger partial charge on any atom is 0.420 e. The number of nitrogens with two attached hydrogens (primary N) is 1. The zero-order valence-corrected chi connectivity index (χ0v) is 7.91. The molecular formula is C8H7ClF3NO. The molecule has 0 spiro atoms. The minimum Gasteiger partial charge on any atom is -0.494 e. The maximum absolute atomic E-state index is 12.4. The van der Waals surface area contributed by atoms with Gasteiger partial charge in [0.2, 0.25) is 0 Å². The molecule has 0 aliphatic heterocycles. The summed E-state index contributed by atoms with van der Waals surface area (Å²) >= 11 is 5.45. The number of alkyl halides is 3. The van der Waals surface area contributed by atoms with Gasteiger partial charge >= 0.3 is 6.18 Å². The van der Waals surface area contributed by atoms with Crippen LogP contribution >= 0.6 is 11.6 Å². The Labute approximate surface area is 83.4 Å². The smallest absolute Gasteiger partial charge is 0.420 e. The second kappa shape index (κ2) is 3.57. The van der Waals surface area contributed by atoms with Gasteiger partial charge in [0.1, 0.15) is 5.56 Å². The molecule has 0 aliphatic carbocycles. The van der Waals surface area contributed by atoms with Crippen LogP contribution in [0.25, 0.3) is 0 Å². The summed E-state index contributed by atoms with van der Waals surface area (Å²) in [5, 5.41) is -0.0735. The molecule has 6 heteroatoms. The highest BCUT2D eigenvalue weighted by Crippen LogP contribution is 2.41. The van der Waals surface area contributed by atoms with Crippen molar-refractivity contribution in [2.45, 2.75) is 6.18 Å². The SMILES string of the molecule is COc1c(N)cc(Cl)cc1C(F)(F)F. The van der Waals surface area contributed by atoms with E-state index in [1.54, 1.807) is 0 Å². The largest absolute Gasteiger partial charge is 0.494 e. The summed E-state index contributed by atoms with van der Waals surface area (Å²) in [6.45, 7) is 0. The van der Waals surface area contributed by atoms with Gasteiger partial charge in [0.05, 0.1) is 12.8 Å². The Morgan fingerprint density at radius 2 is 1.93 bits per heavy atom. The minimum atomic E-state index is -4.52. The predicted octanol–water partition coefficient (Wildman–Crippen LogP) is 2.95. The van der Waals surface area contributed by atoms with Gasteiger partial charge in [-0.3, -0.25) is 0 Å². The number of rotatable bonds is 1. The van der Waals surface area contributed by atoms with Gasteiger partial charge in [-0.05, 0) is 12.1 Å². The van der Waals surface area contributed by atoms with Gasteiger partial charge in [-0.2, -0.15) is 13.2 Å². The third-order valence-corrected chi connectivity index (χ3v) is 1.81. The van der Waals surface area contributed by atoms with Crippen LogP contribution in [0.5, 0.6) is 5.75 Å². The fraction of sp³-hybridized carbons (Fsp3) is 0.250. The summed E-state index contributed by atoms with van der Waals surface area (Å²) in [5.74, 6) is -0.401. The van der Waals surface area contributed by atoms with Crippen LogP contribution in [0.1, 0.15) is 5.56 Å². The van der Waals surface area contributed by atoms with Gasteiger partial charge in [-0.25, -0.2) is 0 Å². The molecular weight excluding hydrogens is 219 g/mol. The summed E-state index contributed by atoms with van der Waals surface area (Å²) in [6.07, 6.45) is -4.52. The van der Waals surface area contributed by atoms with E-state index in [1.807, 2.05) is 0 Å². The first-order valence-electron chi connectivity index (χ1n) is 3.56. The van der Waals surface area contributed by atoms with E-state index in [9.17, 15) is 13.2 Å². The van der Waals surface area contributed by atoms with Crippen molar-refractivity contribution in [2.75, 3.05) is 12.8 Å². The van der Waals surface area contributed by atoms with Crippen LogP contribution in [-0.4, -0.2) is 7.11 Å². The Morgan fingerprint density at radius 1 is 1.36 bits per heavy atom. The third-order valence-electron chi connectivity index (χ3n) is 1.59. The Balaban J connectivity index is 3.40. The average molecular weight is 226 g/mol. The average Bonchev–Trinajstić information content (AvgIpc) is 2.01. The molecule has 0 heterocycles. The third kappa shape index (κ3) is 2.04. The van der Waals surface area contributed by atoms with E-state index in [4.69, 9.17) is 17.3 Å². The van der Waals surface area contributed by atoms with E-state index in [0.717, 1.165) is 13.2 Å². The first kappa shape index (κ1) is 11.0. The molecule has 78 valence electrons. The van der Waals surface area contributed by atoms with E-state index in [1.165, 1.54) is 6.07 Å². The molecule has 0 saturated heterocycles. The monoisotopic (exact) mass is 225 g/mol. The van der Waals surface area contributed by atoms with Gasteiger partial charge in [0, 0.05) is 5.02 Å². The van der Waals surface area contributed by atoms with Gasteiger partial charge in [-0.15, -0.1) is 0 Å². The highest BCUT2D eigenvalue weighted by molar-refractivity contribution is 6.31. The topological polar surface area (TPSA) is 35.2 Å². The Bertz CT molecular complexity index is 351. The van der Waals surface area contributed by atoms with Crippen LogP contribution in [0.3, 0.4) is 0 Å². The van der Waals surface area contributed by atoms with Crippen molar-refractivity contribution in [2.24, 2.45) is 0 Å². The van der Waals surface area contributed by atoms with Crippen LogP contribution in [0, 0.1) is 0 Å². The molecule has 0 unspecified atom stereocenters. The number of benzene rings is 1. The van der Waals surface area contributed by atoms with Gasteiger partial charge in [0.15, 0.2) is 5.75 Å². The number of anilines is 1. The van der Waals surface area contributed by atoms with E-state index < -0.39 is 17.5 Å². The number of nitrogen functional groups attached to an aromatic ring is 1. The molecule has 0 aromatic heterocycles. The molecule has 2 nitrogen and oxygen atoms in total. The molecule has 14 heavy (non-hydrogen) atoms. The number of hydrogen-bond donors (Lipinski definition) is 1. The van der Waals surface area contributed by atoms with E-state index in [0.29, 0.717) is 0 Å². The number of ether oxygens (including phenoxy) is 1. The lowest BCUT2D eigenvalue weighted by Crippen LogP contribution is -2.09. The fourth-order valence-corrected chi connectivity index (χ4v) is 1.28. The molecule has 0 radical (unpaired) electrons. The molecule has 1 aromatic rings. The molecule has 0 fully saturated rings. The molecule has 1 rings (SSSR count). The van der Waals surface area contributed by atoms with Gasteiger partial charge in [-0.1, -0.05) is 11.6 Å². The summed E-state index contributed by atoms with van der Waals surface area (Å²) in [4.78, 5) is 0. The van der Waals surface area contributed by atoms with Crippen LogP contribution < -0.4 is 10.5 Å². The van der Waals surface area contributed by atoms with Crippen LogP contribution in [-0.2, 0) is 6.18 Å². The number of hydrogen-bond acceptors (Lipinski definition) is 2.